The first-order valence-electron chi connectivity index (χ1n) is 8.97. The van der Waals surface area contributed by atoms with Gasteiger partial charge >= 0.3 is 0 Å². The average molecular weight is 328 g/mol. The number of piperidine rings is 1. The Morgan fingerprint density at radius 1 is 1.33 bits per heavy atom. The van der Waals surface area contributed by atoms with Crippen LogP contribution in [0, 0.1) is 12.3 Å². The van der Waals surface area contributed by atoms with Gasteiger partial charge in [0, 0.05) is 36.5 Å². The highest BCUT2D eigenvalue weighted by Crippen LogP contribution is 2.35. The van der Waals surface area contributed by atoms with Crippen molar-refractivity contribution in [2.75, 3.05) is 19.7 Å². The van der Waals surface area contributed by atoms with Crippen LogP contribution < -0.4 is 0 Å². The molecule has 130 valence electrons. The summed E-state index contributed by atoms with van der Waals surface area (Å²) in [5.41, 5.74) is 2.80. The number of carbonyl (C=O) groups excluding carboxylic acids is 1. The Hall–Kier alpha value is -1.81. The minimum Gasteiger partial charge on any atom is -0.396 e. The molecular weight excluding hydrogens is 300 g/mol. The molecule has 0 unspecified atom stereocenters. The van der Waals surface area contributed by atoms with E-state index in [-0.39, 0.29) is 17.9 Å². The Labute approximate surface area is 144 Å². The van der Waals surface area contributed by atoms with E-state index < -0.39 is 0 Å². The standard InChI is InChI=1S/C20H28N2O2/c1-4-10-20(14-23)11-7-12-22(13-20)19(24)18-15(2)16-8-5-6-9-17(16)21(18)3/h5-6,8-9,23H,4,7,10-14H2,1-3H3/t20-/m1/s1. The van der Waals surface area contributed by atoms with Crippen LogP contribution in [0.25, 0.3) is 10.9 Å². The van der Waals surface area contributed by atoms with Gasteiger partial charge in [0.15, 0.2) is 0 Å². The minimum absolute atomic E-state index is 0.0971. The molecule has 1 aliphatic heterocycles. The summed E-state index contributed by atoms with van der Waals surface area (Å²) in [6, 6.07) is 8.16. The van der Waals surface area contributed by atoms with Crippen molar-refractivity contribution < 1.29 is 9.90 Å². The lowest BCUT2D eigenvalue weighted by Crippen LogP contribution is -2.48. The van der Waals surface area contributed by atoms with Crippen molar-refractivity contribution in [3.63, 3.8) is 0 Å². The van der Waals surface area contributed by atoms with Gasteiger partial charge in [-0.3, -0.25) is 4.79 Å². The molecule has 1 N–H and O–H groups in total. The molecule has 0 saturated carbocycles. The van der Waals surface area contributed by atoms with Gasteiger partial charge in [-0.15, -0.1) is 0 Å². The SMILES string of the molecule is CCC[C@@]1(CO)CCCN(C(=O)c2c(C)c3ccccc3n2C)C1. The number of aliphatic hydroxyl groups excluding tert-OH is 1. The predicted molar refractivity (Wildman–Crippen MR) is 97.2 cm³/mol. The summed E-state index contributed by atoms with van der Waals surface area (Å²) in [6.07, 6.45) is 3.99. The third kappa shape index (κ3) is 2.73. The smallest absolute Gasteiger partial charge is 0.270 e. The fourth-order valence-electron chi connectivity index (χ4n) is 4.36. The molecule has 1 amide bonds. The van der Waals surface area contributed by atoms with Gasteiger partial charge in [0.2, 0.25) is 0 Å². The number of nitrogens with zero attached hydrogens (tertiary/aromatic N) is 2. The summed E-state index contributed by atoms with van der Waals surface area (Å²) >= 11 is 0. The third-order valence-electron chi connectivity index (χ3n) is 5.63. The van der Waals surface area contributed by atoms with E-state index in [1.807, 2.05) is 35.6 Å². The topological polar surface area (TPSA) is 45.5 Å². The third-order valence-corrected chi connectivity index (χ3v) is 5.63. The van der Waals surface area contributed by atoms with Crippen LogP contribution in [0.5, 0.6) is 0 Å². The molecule has 4 heteroatoms. The number of hydrogen-bond acceptors (Lipinski definition) is 2. The van der Waals surface area contributed by atoms with E-state index in [2.05, 4.69) is 19.1 Å². The molecular formula is C20H28N2O2. The molecule has 1 aromatic heterocycles. The zero-order valence-electron chi connectivity index (χ0n) is 15.0. The highest BCUT2D eigenvalue weighted by Gasteiger charge is 2.37. The maximum Gasteiger partial charge on any atom is 0.270 e. The number of aromatic nitrogens is 1. The van der Waals surface area contributed by atoms with E-state index >= 15 is 0 Å². The summed E-state index contributed by atoms with van der Waals surface area (Å²) < 4.78 is 2.02. The zero-order chi connectivity index (χ0) is 17.3. The normalized spacial score (nSPS) is 21.4. The maximum absolute atomic E-state index is 13.2. The van der Waals surface area contributed by atoms with Gasteiger partial charge < -0.3 is 14.6 Å². The molecule has 2 heterocycles. The first-order valence-corrected chi connectivity index (χ1v) is 8.97. The number of fused-ring (bicyclic) bond motifs is 1. The largest absolute Gasteiger partial charge is 0.396 e. The number of amides is 1. The second-order valence-electron chi connectivity index (χ2n) is 7.29. The molecule has 2 aromatic rings. The molecule has 0 spiro atoms. The lowest BCUT2D eigenvalue weighted by molar-refractivity contribution is 0.0217. The second kappa shape index (κ2) is 6.60. The molecule has 24 heavy (non-hydrogen) atoms. The van der Waals surface area contributed by atoms with Crippen molar-refractivity contribution in [3.8, 4) is 0 Å². The summed E-state index contributed by atoms with van der Waals surface area (Å²) in [5.74, 6) is 0.0971. The number of benzene rings is 1. The van der Waals surface area contributed by atoms with Crippen molar-refractivity contribution in [1.82, 2.24) is 9.47 Å². The molecule has 1 saturated heterocycles. The van der Waals surface area contributed by atoms with Crippen molar-refractivity contribution >= 4 is 16.8 Å². The van der Waals surface area contributed by atoms with Crippen LogP contribution in [-0.2, 0) is 7.05 Å². The van der Waals surface area contributed by atoms with E-state index in [1.54, 1.807) is 0 Å². The van der Waals surface area contributed by atoms with Gasteiger partial charge in [-0.1, -0.05) is 31.5 Å². The summed E-state index contributed by atoms with van der Waals surface area (Å²) in [7, 11) is 1.97. The molecule has 1 aromatic carbocycles. The molecule has 1 fully saturated rings. The van der Waals surface area contributed by atoms with Crippen LogP contribution in [0.2, 0.25) is 0 Å². The predicted octanol–water partition coefficient (Wildman–Crippen LogP) is 3.50. The Morgan fingerprint density at radius 3 is 2.75 bits per heavy atom. The zero-order valence-corrected chi connectivity index (χ0v) is 15.0. The number of aliphatic hydroxyl groups is 1. The van der Waals surface area contributed by atoms with Gasteiger partial charge in [0.1, 0.15) is 5.69 Å². The number of rotatable bonds is 4. The van der Waals surface area contributed by atoms with Crippen molar-refractivity contribution in [3.05, 3.63) is 35.5 Å². The van der Waals surface area contributed by atoms with Crippen LogP contribution in [-0.4, -0.2) is 40.2 Å². The summed E-state index contributed by atoms with van der Waals surface area (Å²) in [6.45, 7) is 5.79. The van der Waals surface area contributed by atoms with E-state index in [9.17, 15) is 9.90 Å². The van der Waals surface area contributed by atoms with Crippen LogP contribution in [0.15, 0.2) is 24.3 Å². The minimum atomic E-state index is -0.124. The molecule has 0 aliphatic carbocycles. The van der Waals surface area contributed by atoms with Gasteiger partial charge in [-0.05, 0) is 37.8 Å². The van der Waals surface area contributed by atoms with Gasteiger partial charge in [-0.2, -0.15) is 0 Å². The highest BCUT2D eigenvalue weighted by molar-refractivity contribution is 6.01. The maximum atomic E-state index is 13.2. The van der Waals surface area contributed by atoms with E-state index in [4.69, 9.17) is 0 Å². The quantitative estimate of drug-likeness (QED) is 0.933. The molecule has 4 nitrogen and oxygen atoms in total. The first kappa shape index (κ1) is 17.0. The fraction of sp³-hybridized carbons (Fsp3) is 0.550. The number of carbonyl (C=O) groups is 1. The number of likely N-dealkylation sites (tertiary alicyclic amines) is 1. The Morgan fingerprint density at radius 2 is 2.08 bits per heavy atom. The molecule has 0 bridgehead atoms. The van der Waals surface area contributed by atoms with Gasteiger partial charge in [0.05, 0.1) is 6.61 Å². The van der Waals surface area contributed by atoms with Gasteiger partial charge in [0.25, 0.3) is 5.91 Å². The highest BCUT2D eigenvalue weighted by atomic mass is 16.3. The van der Waals surface area contributed by atoms with E-state index in [0.29, 0.717) is 6.54 Å². The lowest BCUT2D eigenvalue weighted by atomic mass is 9.77. The number of para-hydroxylation sites is 1. The van der Waals surface area contributed by atoms with E-state index in [0.717, 1.165) is 54.4 Å². The fourth-order valence-corrected chi connectivity index (χ4v) is 4.36. The van der Waals surface area contributed by atoms with Crippen LogP contribution in [0.4, 0.5) is 0 Å². The monoisotopic (exact) mass is 328 g/mol. The Bertz CT molecular complexity index is 706. The molecule has 1 atom stereocenters. The lowest BCUT2D eigenvalue weighted by Gasteiger charge is -2.42. The first-order chi connectivity index (χ1) is 11.5. The molecule has 3 rings (SSSR count). The van der Waals surface area contributed by atoms with Crippen LogP contribution in [0.1, 0.15) is 48.7 Å². The van der Waals surface area contributed by atoms with Crippen molar-refractivity contribution in [1.29, 1.82) is 0 Å². The average Bonchev–Trinajstić information content (AvgIpc) is 2.86. The molecule has 1 aliphatic rings. The number of aryl methyl sites for hydroxylation is 2. The summed E-state index contributed by atoms with van der Waals surface area (Å²) in [4.78, 5) is 15.2. The van der Waals surface area contributed by atoms with Gasteiger partial charge in [-0.25, -0.2) is 0 Å². The van der Waals surface area contributed by atoms with E-state index in [1.165, 1.54) is 0 Å². The van der Waals surface area contributed by atoms with Crippen molar-refractivity contribution in [2.45, 2.75) is 39.5 Å². The van der Waals surface area contributed by atoms with Crippen molar-refractivity contribution in [2.24, 2.45) is 12.5 Å². The van der Waals surface area contributed by atoms with Crippen LogP contribution >= 0.6 is 0 Å². The summed E-state index contributed by atoms with van der Waals surface area (Å²) in [5, 5.41) is 11.1. The molecule has 0 radical (unpaired) electrons. The Balaban J connectivity index is 1.95. The van der Waals surface area contributed by atoms with Crippen LogP contribution in [0.3, 0.4) is 0 Å². The number of hydrogen-bond donors (Lipinski definition) is 1. The second-order valence-corrected chi connectivity index (χ2v) is 7.29. The Kier molecular flexibility index (Phi) is 4.68.